The molecule has 0 bridgehead atoms. The van der Waals surface area contributed by atoms with Crippen LogP contribution in [0.25, 0.3) is 71.3 Å². The van der Waals surface area contributed by atoms with Gasteiger partial charge in [-0.1, -0.05) is 115 Å². The van der Waals surface area contributed by atoms with Crippen molar-refractivity contribution in [1.29, 1.82) is 0 Å². The lowest BCUT2D eigenvalue weighted by molar-refractivity contribution is 0.673. The van der Waals surface area contributed by atoms with Gasteiger partial charge in [0.2, 0.25) is 0 Å². The van der Waals surface area contributed by atoms with Crippen LogP contribution in [0.5, 0.6) is 0 Å². The van der Waals surface area contributed by atoms with E-state index in [-0.39, 0.29) is 0 Å². The topological polar surface area (TPSA) is 21.3 Å². The molecule has 8 aromatic carbocycles. The number of hydrogen-bond acceptors (Lipinski definition) is 2. The van der Waals surface area contributed by atoms with Crippen LogP contribution < -0.4 is 4.90 Å². The minimum atomic E-state index is 0.889. The molecular formula is C46H30N2O. The van der Waals surface area contributed by atoms with Crippen molar-refractivity contribution in [3.63, 3.8) is 0 Å². The van der Waals surface area contributed by atoms with E-state index in [1.54, 1.807) is 0 Å². The van der Waals surface area contributed by atoms with E-state index >= 15 is 0 Å². The summed E-state index contributed by atoms with van der Waals surface area (Å²) >= 11 is 0. The first-order chi connectivity index (χ1) is 24.3. The van der Waals surface area contributed by atoms with Crippen molar-refractivity contribution >= 4 is 71.6 Å². The van der Waals surface area contributed by atoms with Crippen molar-refractivity contribution in [2.45, 2.75) is 0 Å². The fourth-order valence-electron chi connectivity index (χ4n) is 7.63. The first-order valence-electron chi connectivity index (χ1n) is 16.7. The molecule has 0 saturated heterocycles. The van der Waals surface area contributed by atoms with E-state index < -0.39 is 0 Å². The molecule has 0 atom stereocenters. The number of rotatable bonds is 5. The van der Waals surface area contributed by atoms with Crippen molar-refractivity contribution < 1.29 is 4.42 Å². The molecule has 10 rings (SSSR count). The van der Waals surface area contributed by atoms with E-state index in [1.165, 1.54) is 27.2 Å². The third-order valence-corrected chi connectivity index (χ3v) is 9.78. The lowest BCUT2D eigenvalue weighted by atomic mass is 9.96. The number of anilines is 3. The SMILES string of the molecule is c1ccc(N(c2ccc(-n3c4ccccc4c4ccccc43)cc2)c2ccccc2-c2cccc3oc4c5ccccc5ccc4c23)cc1. The van der Waals surface area contributed by atoms with Crippen molar-refractivity contribution in [2.75, 3.05) is 4.90 Å². The van der Waals surface area contributed by atoms with Crippen molar-refractivity contribution in [3.8, 4) is 16.8 Å². The summed E-state index contributed by atoms with van der Waals surface area (Å²) in [7, 11) is 0. The monoisotopic (exact) mass is 626 g/mol. The van der Waals surface area contributed by atoms with Gasteiger partial charge in [-0.15, -0.1) is 0 Å². The van der Waals surface area contributed by atoms with Crippen LogP contribution in [-0.4, -0.2) is 4.57 Å². The van der Waals surface area contributed by atoms with Crippen LogP contribution in [-0.2, 0) is 0 Å². The average Bonchev–Trinajstić information content (AvgIpc) is 3.73. The van der Waals surface area contributed by atoms with Crippen molar-refractivity contribution in [2.24, 2.45) is 0 Å². The Labute approximate surface area is 283 Å². The van der Waals surface area contributed by atoms with Gasteiger partial charge in [0.05, 0.1) is 16.7 Å². The molecule has 0 unspecified atom stereocenters. The Morgan fingerprint density at radius 1 is 0.408 bits per heavy atom. The Morgan fingerprint density at radius 3 is 1.80 bits per heavy atom. The molecule has 0 aliphatic carbocycles. The Hall–Kier alpha value is -6.58. The fraction of sp³-hybridized carbons (Fsp3) is 0. The molecule has 10 aromatic rings. The van der Waals surface area contributed by atoms with E-state index in [9.17, 15) is 0 Å². The minimum Gasteiger partial charge on any atom is -0.455 e. The molecular weight excluding hydrogens is 597 g/mol. The predicted molar refractivity (Wildman–Crippen MR) is 206 cm³/mol. The molecule has 2 aromatic heterocycles. The molecule has 0 aliphatic heterocycles. The molecule has 0 spiro atoms. The molecule has 0 N–H and O–H groups in total. The summed E-state index contributed by atoms with van der Waals surface area (Å²) in [5.41, 5.74) is 10.9. The van der Waals surface area contributed by atoms with Gasteiger partial charge in [0.15, 0.2) is 0 Å². The summed E-state index contributed by atoms with van der Waals surface area (Å²) < 4.78 is 8.96. The van der Waals surface area contributed by atoms with E-state index in [0.29, 0.717) is 0 Å². The van der Waals surface area contributed by atoms with Gasteiger partial charge in [-0.25, -0.2) is 0 Å². The van der Waals surface area contributed by atoms with Gasteiger partial charge in [-0.05, 0) is 77.7 Å². The minimum absolute atomic E-state index is 0.889. The van der Waals surface area contributed by atoms with Gasteiger partial charge < -0.3 is 13.9 Å². The maximum atomic E-state index is 6.59. The first kappa shape index (κ1) is 27.5. The van der Waals surface area contributed by atoms with E-state index in [1.807, 2.05) is 0 Å². The largest absolute Gasteiger partial charge is 0.455 e. The normalized spacial score (nSPS) is 11.7. The summed E-state index contributed by atoms with van der Waals surface area (Å²) in [6, 6.07) is 64.9. The zero-order valence-electron chi connectivity index (χ0n) is 26.6. The highest BCUT2D eigenvalue weighted by molar-refractivity contribution is 6.19. The number of fused-ring (bicyclic) bond motifs is 8. The molecule has 49 heavy (non-hydrogen) atoms. The maximum absolute atomic E-state index is 6.59. The van der Waals surface area contributed by atoms with Crippen LogP contribution in [0.4, 0.5) is 17.1 Å². The van der Waals surface area contributed by atoms with Crippen LogP contribution in [0.3, 0.4) is 0 Å². The smallest absolute Gasteiger partial charge is 0.143 e. The third-order valence-electron chi connectivity index (χ3n) is 9.78. The van der Waals surface area contributed by atoms with Gasteiger partial charge >= 0.3 is 0 Å². The van der Waals surface area contributed by atoms with Crippen LogP contribution in [0.2, 0.25) is 0 Å². The summed E-state index contributed by atoms with van der Waals surface area (Å²) in [4.78, 5) is 2.36. The number of aromatic nitrogens is 1. The second-order valence-corrected chi connectivity index (χ2v) is 12.5. The van der Waals surface area contributed by atoms with Gasteiger partial charge in [0.1, 0.15) is 11.2 Å². The number of para-hydroxylation sites is 4. The molecule has 3 nitrogen and oxygen atoms in total. The average molecular weight is 627 g/mol. The van der Waals surface area contributed by atoms with Gasteiger partial charge in [-0.2, -0.15) is 0 Å². The molecule has 0 aliphatic rings. The molecule has 3 heteroatoms. The highest BCUT2D eigenvalue weighted by Gasteiger charge is 2.21. The Balaban J connectivity index is 1.16. The fourth-order valence-corrected chi connectivity index (χ4v) is 7.63. The molecule has 0 fully saturated rings. The molecule has 0 saturated carbocycles. The van der Waals surface area contributed by atoms with Crippen LogP contribution in [0.15, 0.2) is 186 Å². The predicted octanol–water partition coefficient (Wildman–Crippen LogP) is 13.0. The Kier molecular flexibility index (Phi) is 6.18. The van der Waals surface area contributed by atoms with Gasteiger partial charge in [-0.3, -0.25) is 0 Å². The summed E-state index contributed by atoms with van der Waals surface area (Å²) in [5.74, 6) is 0. The maximum Gasteiger partial charge on any atom is 0.143 e. The van der Waals surface area contributed by atoms with Crippen LogP contribution >= 0.6 is 0 Å². The lowest BCUT2D eigenvalue weighted by Gasteiger charge is -2.28. The van der Waals surface area contributed by atoms with Crippen LogP contribution in [0, 0.1) is 0 Å². The number of hydrogen-bond donors (Lipinski definition) is 0. The summed E-state index contributed by atoms with van der Waals surface area (Å²) in [5, 5.41) is 7.08. The Morgan fingerprint density at radius 2 is 1.02 bits per heavy atom. The van der Waals surface area contributed by atoms with Gasteiger partial charge in [0.25, 0.3) is 0 Å². The molecule has 0 amide bonds. The van der Waals surface area contributed by atoms with E-state index in [0.717, 1.165) is 61.2 Å². The molecule has 2 heterocycles. The standard InChI is InChI=1S/C46H30N2O/c1-2-14-32(15-3-1)47(33-26-28-34(29-27-33)48-42-22-10-6-17-36(42)37-18-7-11-23-43(37)48)41-21-9-8-19-38(41)39-20-12-24-44-45(39)40-30-25-31-13-4-5-16-35(31)46(40)49-44/h1-30H. The first-order valence-corrected chi connectivity index (χ1v) is 16.7. The van der Waals surface area contributed by atoms with E-state index in [4.69, 9.17) is 4.42 Å². The second-order valence-electron chi connectivity index (χ2n) is 12.5. The molecule has 0 radical (unpaired) electrons. The lowest BCUT2D eigenvalue weighted by Crippen LogP contribution is -2.11. The third kappa shape index (κ3) is 4.29. The number of furan rings is 1. The summed E-state index contributed by atoms with van der Waals surface area (Å²) in [6.45, 7) is 0. The van der Waals surface area contributed by atoms with Crippen LogP contribution in [0.1, 0.15) is 0 Å². The Bertz CT molecular complexity index is 2770. The number of nitrogens with zero attached hydrogens (tertiary/aromatic N) is 2. The second kappa shape index (κ2) is 11.0. The summed E-state index contributed by atoms with van der Waals surface area (Å²) in [6.07, 6.45) is 0. The highest BCUT2D eigenvalue weighted by atomic mass is 16.3. The number of benzene rings is 8. The van der Waals surface area contributed by atoms with Gasteiger partial charge in [0, 0.05) is 49.6 Å². The van der Waals surface area contributed by atoms with E-state index in [2.05, 4.69) is 191 Å². The van der Waals surface area contributed by atoms with Crippen molar-refractivity contribution in [1.82, 2.24) is 4.57 Å². The zero-order valence-corrected chi connectivity index (χ0v) is 26.6. The quantitative estimate of drug-likeness (QED) is 0.190. The zero-order chi connectivity index (χ0) is 32.3. The molecule has 230 valence electrons. The highest BCUT2D eigenvalue weighted by Crippen LogP contribution is 2.45. The van der Waals surface area contributed by atoms with Crippen molar-refractivity contribution in [3.05, 3.63) is 182 Å².